The number of rotatable bonds is 7. The Morgan fingerprint density at radius 1 is 1.25 bits per heavy atom. The number of piperidine rings is 1. The van der Waals surface area contributed by atoms with E-state index in [4.69, 9.17) is 14.0 Å². The largest absolute Gasteiger partial charge is 0.493 e. The third kappa shape index (κ3) is 4.12. The Morgan fingerprint density at radius 2 is 2.11 bits per heavy atom. The minimum atomic E-state index is -0.293. The van der Waals surface area contributed by atoms with Gasteiger partial charge in [-0.25, -0.2) is 4.39 Å². The van der Waals surface area contributed by atoms with Gasteiger partial charge in [0.05, 0.1) is 19.4 Å². The molecule has 0 atom stereocenters. The van der Waals surface area contributed by atoms with Crippen molar-refractivity contribution < 1.29 is 18.4 Å². The standard InChI is InChI=1S/C22H24FN2O3/c1-26-19-5-2-3-6-20(19)27-14-4-11-25-12-9-16(10-13-25)22-18-8-7-17(23)15-21(18)28-24-22/h3,5-8,15-16H,4,9-14H2,1H3. The molecule has 2 heterocycles. The monoisotopic (exact) mass is 383 g/mol. The zero-order valence-corrected chi connectivity index (χ0v) is 16.0. The molecule has 147 valence electrons. The first-order valence-corrected chi connectivity index (χ1v) is 9.68. The first kappa shape index (κ1) is 18.7. The van der Waals surface area contributed by atoms with Crippen LogP contribution in [0.25, 0.3) is 11.0 Å². The van der Waals surface area contributed by atoms with Crippen molar-refractivity contribution in [3.8, 4) is 11.5 Å². The van der Waals surface area contributed by atoms with Crippen molar-refractivity contribution in [3.05, 3.63) is 54.0 Å². The van der Waals surface area contributed by atoms with E-state index in [1.54, 1.807) is 19.2 Å². The highest BCUT2D eigenvalue weighted by Crippen LogP contribution is 2.33. The molecular weight excluding hydrogens is 359 g/mol. The van der Waals surface area contributed by atoms with E-state index in [0.29, 0.717) is 23.9 Å². The molecule has 1 aromatic heterocycles. The van der Waals surface area contributed by atoms with Crippen LogP contribution in [0.1, 0.15) is 30.9 Å². The molecule has 0 spiro atoms. The van der Waals surface area contributed by atoms with Crippen LogP contribution in [0.15, 0.2) is 40.9 Å². The van der Waals surface area contributed by atoms with Crippen LogP contribution in [-0.4, -0.2) is 43.4 Å². The molecule has 0 bridgehead atoms. The molecule has 1 fully saturated rings. The minimum absolute atomic E-state index is 0.293. The van der Waals surface area contributed by atoms with Gasteiger partial charge in [0.15, 0.2) is 17.1 Å². The van der Waals surface area contributed by atoms with Gasteiger partial charge in [-0.3, -0.25) is 0 Å². The van der Waals surface area contributed by atoms with Gasteiger partial charge in [0.1, 0.15) is 5.82 Å². The summed E-state index contributed by atoms with van der Waals surface area (Å²) in [5.74, 6) is 1.54. The number of ether oxygens (including phenoxy) is 2. The maximum Gasteiger partial charge on any atom is 0.170 e. The van der Waals surface area contributed by atoms with Gasteiger partial charge in [0.2, 0.25) is 0 Å². The molecule has 28 heavy (non-hydrogen) atoms. The van der Waals surface area contributed by atoms with Crippen LogP contribution in [0.3, 0.4) is 0 Å². The van der Waals surface area contributed by atoms with Gasteiger partial charge < -0.3 is 18.9 Å². The Bertz CT molecular complexity index is 919. The van der Waals surface area contributed by atoms with E-state index >= 15 is 0 Å². The fourth-order valence-corrected chi connectivity index (χ4v) is 3.81. The number of likely N-dealkylation sites (tertiary alicyclic amines) is 1. The van der Waals surface area contributed by atoms with Gasteiger partial charge >= 0.3 is 0 Å². The molecule has 1 saturated heterocycles. The van der Waals surface area contributed by atoms with E-state index in [1.807, 2.05) is 12.1 Å². The molecule has 1 aliphatic heterocycles. The summed E-state index contributed by atoms with van der Waals surface area (Å²) in [7, 11) is 1.63. The highest BCUT2D eigenvalue weighted by atomic mass is 19.1. The second-order valence-corrected chi connectivity index (χ2v) is 7.10. The van der Waals surface area contributed by atoms with Gasteiger partial charge in [-0.15, -0.1) is 0 Å². The Balaban J connectivity index is 1.24. The van der Waals surface area contributed by atoms with E-state index in [-0.39, 0.29) is 5.82 Å². The summed E-state index contributed by atoms with van der Waals surface area (Å²) in [6, 6.07) is 13.1. The lowest BCUT2D eigenvalue weighted by molar-refractivity contribution is 0.189. The van der Waals surface area contributed by atoms with Crippen LogP contribution in [-0.2, 0) is 0 Å². The quantitative estimate of drug-likeness (QED) is 0.565. The van der Waals surface area contributed by atoms with Gasteiger partial charge in [-0.05, 0) is 62.7 Å². The summed E-state index contributed by atoms with van der Waals surface area (Å²) in [6.07, 6.45) is 3.02. The first-order chi connectivity index (χ1) is 13.7. The van der Waals surface area contributed by atoms with Gasteiger partial charge in [0, 0.05) is 23.9 Å². The maximum atomic E-state index is 13.3. The molecule has 6 heteroatoms. The van der Waals surface area contributed by atoms with Crippen LogP contribution < -0.4 is 9.47 Å². The normalized spacial score (nSPS) is 15.8. The van der Waals surface area contributed by atoms with E-state index in [2.05, 4.69) is 16.1 Å². The van der Waals surface area contributed by atoms with Crippen molar-refractivity contribution >= 4 is 11.0 Å². The molecule has 0 aliphatic carbocycles. The zero-order valence-electron chi connectivity index (χ0n) is 16.0. The number of hydrogen-bond donors (Lipinski definition) is 0. The third-order valence-electron chi connectivity index (χ3n) is 5.32. The maximum absolute atomic E-state index is 13.3. The van der Waals surface area contributed by atoms with Gasteiger partial charge in [-0.2, -0.15) is 0 Å². The summed E-state index contributed by atoms with van der Waals surface area (Å²) >= 11 is 0. The fourth-order valence-electron chi connectivity index (χ4n) is 3.81. The number of fused-ring (bicyclic) bond motifs is 1. The molecular formula is C22H24FN2O3. The predicted molar refractivity (Wildman–Crippen MR) is 104 cm³/mol. The van der Waals surface area contributed by atoms with Crippen LogP contribution in [0.4, 0.5) is 4.39 Å². The van der Waals surface area contributed by atoms with Crippen molar-refractivity contribution in [2.24, 2.45) is 0 Å². The lowest BCUT2D eigenvalue weighted by atomic mass is 9.91. The van der Waals surface area contributed by atoms with Crippen molar-refractivity contribution in [3.63, 3.8) is 0 Å². The molecule has 0 saturated carbocycles. The van der Waals surface area contributed by atoms with Gasteiger partial charge in [-0.1, -0.05) is 11.2 Å². The summed E-state index contributed by atoms with van der Waals surface area (Å²) in [6.45, 7) is 3.69. The van der Waals surface area contributed by atoms with Crippen molar-refractivity contribution in [2.75, 3.05) is 33.4 Å². The molecule has 1 radical (unpaired) electrons. The summed E-state index contributed by atoms with van der Waals surface area (Å²) in [5, 5.41) is 5.15. The van der Waals surface area contributed by atoms with Crippen LogP contribution in [0.5, 0.6) is 11.5 Å². The third-order valence-corrected chi connectivity index (χ3v) is 5.32. The van der Waals surface area contributed by atoms with Crippen LogP contribution in [0.2, 0.25) is 0 Å². The summed E-state index contributed by atoms with van der Waals surface area (Å²) in [5.41, 5.74) is 1.49. The van der Waals surface area contributed by atoms with Crippen molar-refractivity contribution in [1.82, 2.24) is 10.1 Å². The van der Waals surface area contributed by atoms with Gasteiger partial charge in [0.25, 0.3) is 0 Å². The molecule has 5 nitrogen and oxygen atoms in total. The highest BCUT2D eigenvalue weighted by Gasteiger charge is 2.25. The number of hydrogen-bond acceptors (Lipinski definition) is 5. The topological polar surface area (TPSA) is 47.7 Å². The molecule has 3 aromatic rings. The first-order valence-electron chi connectivity index (χ1n) is 9.68. The second kappa shape index (κ2) is 8.61. The molecule has 0 unspecified atom stereocenters. The van der Waals surface area contributed by atoms with Crippen molar-refractivity contribution in [1.29, 1.82) is 0 Å². The number of nitrogens with zero attached hydrogens (tertiary/aromatic N) is 2. The molecule has 0 N–H and O–H groups in total. The number of aromatic nitrogens is 1. The van der Waals surface area contributed by atoms with Crippen molar-refractivity contribution in [2.45, 2.75) is 25.2 Å². The SMILES string of the molecule is COc1c[c]ccc1OCCCN1CCC(c2noc3cc(F)ccc23)CC1. The fraction of sp³-hybridized carbons (Fsp3) is 0.409. The predicted octanol–water partition coefficient (Wildman–Crippen LogP) is 4.42. The second-order valence-electron chi connectivity index (χ2n) is 7.10. The minimum Gasteiger partial charge on any atom is -0.493 e. The average molecular weight is 383 g/mol. The molecule has 2 aromatic carbocycles. The van der Waals surface area contributed by atoms with E-state index < -0.39 is 0 Å². The molecule has 4 rings (SSSR count). The lowest BCUT2D eigenvalue weighted by Gasteiger charge is -2.31. The zero-order chi connectivity index (χ0) is 19.3. The Kier molecular flexibility index (Phi) is 5.76. The summed E-state index contributed by atoms with van der Waals surface area (Å²) < 4.78 is 29.7. The van der Waals surface area contributed by atoms with E-state index in [9.17, 15) is 4.39 Å². The highest BCUT2D eigenvalue weighted by molar-refractivity contribution is 5.79. The van der Waals surface area contributed by atoms with E-state index in [1.165, 1.54) is 12.1 Å². The van der Waals surface area contributed by atoms with Crippen LogP contribution in [0, 0.1) is 11.9 Å². The smallest absolute Gasteiger partial charge is 0.170 e. The lowest BCUT2D eigenvalue weighted by Crippen LogP contribution is -2.34. The van der Waals surface area contributed by atoms with Crippen LogP contribution >= 0.6 is 0 Å². The number of methoxy groups -OCH3 is 1. The molecule has 1 aliphatic rings. The Labute approximate surface area is 164 Å². The summed E-state index contributed by atoms with van der Waals surface area (Å²) in [4.78, 5) is 2.46. The molecule has 0 amide bonds. The number of benzene rings is 2. The van der Waals surface area contributed by atoms with E-state index in [0.717, 1.165) is 55.7 Å². The average Bonchev–Trinajstić information content (AvgIpc) is 3.15. The number of halogens is 1. The Hall–Kier alpha value is -2.60. The Morgan fingerprint density at radius 3 is 2.93 bits per heavy atom.